The highest BCUT2D eigenvalue weighted by molar-refractivity contribution is 7.89. The van der Waals surface area contributed by atoms with E-state index in [0.717, 1.165) is 0 Å². The minimum atomic E-state index is -3.73. The summed E-state index contributed by atoms with van der Waals surface area (Å²) in [5, 5.41) is 2.59. The fraction of sp³-hybridized carbons (Fsp3) is 0.300. The van der Waals surface area contributed by atoms with Crippen LogP contribution in [0.25, 0.3) is 0 Å². The van der Waals surface area contributed by atoms with Crippen molar-refractivity contribution in [2.45, 2.75) is 18.2 Å². The Hall–Kier alpha value is -3.11. The van der Waals surface area contributed by atoms with Crippen molar-refractivity contribution in [3.63, 3.8) is 0 Å². The Labute approximate surface area is 174 Å². The van der Waals surface area contributed by atoms with Gasteiger partial charge in [0.2, 0.25) is 28.6 Å². The molecule has 4 rings (SSSR count). The average molecular weight is 431 g/mol. The molecule has 0 radical (unpaired) electrons. The van der Waals surface area contributed by atoms with E-state index in [1.54, 1.807) is 23.1 Å². The fourth-order valence-electron chi connectivity index (χ4n) is 3.45. The Morgan fingerprint density at radius 3 is 2.60 bits per heavy atom. The Balaban J connectivity index is 1.38. The minimum absolute atomic E-state index is 0.0716. The third-order valence-corrected chi connectivity index (χ3v) is 6.36. The average Bonchev–Trinajstić information content (AvgIpc) is 3.32. The predicted molar refractivity (Wildman–Crippen MR) is 109 cm³/mol. The van der Waals surface area contributed by atoms with E-state index in [0.29, 0.717) is 29.4 Å². The van der Waals surface area contributed by atoms with Crippen LogP contribution in [-0.4, -0.2) is 40.1 Å². The molecule has 9 nitrogen and oxygen atoms in total. The van der Waals surface area contributed by atoms with Gasteiger partial charge in [0.1, 0.15) is 0 Å². The molecule has 2 amide bonds. The number of anilines is 2. The lowest BCUT2D eigenvalue weighted by Gasteiger charge is -2.17. The zero-order valence-electron chi connectivity index (χ0n) is 16.3. The van der Waals surface area contributed by atoms with E-state index in [2.05, 4.69) is 10.0 Å². The van der Waals surface area contributed by atoms with Crippen LogP contribution in [-0.2, 0) is 19.6 Å². The SMILES string of the molecule is CC(=O)Nc1ccc(S(=O)(=O)NC[C@@H]2CC(=O)N(c3ccc4c(c3)OCO4)C2)cc1. The third kappa shape index (κ3) is 4.24. The third-order valence-electron chi connectivity index (χ3n) is 4.92. The van der Waals surface area contributed by atoms with Crippen molar-refractivity contribution in [3.05, 3.63) is 42.5 Å². The predicted octanol–water partition coefficient (Wildman–Crippen LogP) is 1.71. The Kier molecular flexibility index (Phi) is 5.35. The van der Waals surface area contributed by atoms with Gasteiger partial charge in [0.15, 0.2) is 11.5 Å². The van der Waals surface area contributed by atoms with Gasteiger partial charge in [-0.2, -0.15) is 0 Å². The number of benzene rings is 2. The highest BCUT2D eigenvalue weighted by Gasteiger charge is 2.32. The van der Waals surface area contributed by atoms with Crippen molar-refractivity contribution in [3.8, 4) is 11.5 Å². The normalized spacial score (nSPS) is 18.0. The maximum atomic E-state index is 12.6. The molecule has 158 valence electrons. The van der Waals surface area contributed by atoms with Gasteiger partial charge in [0.25, 0.3) is 0 Å². The van der Waals surface area contributed by atoms with Gasteiger partial charge in [-0.1, -0.05) is 0 Å². The number of sulfonamides is 1. The summed E-state index contributed by atoms with van der Waals surface area (Å²) in [7, 11) is -3.73. The molecule has 30 heavy (non-hydrogen) atoms. The second-order valence-electron chi connectivity index (χ2n) is 7.17. The van der Waals surface area contributed by atoms with Crippen LogP contribution in [0.15, 0.2) is 47.4 Å². The molecule has 1 atom stereocenters. The molecule has 0 saturated carbocycles. The van der Waals surface area contributed by atoms with Crippen LogP contribution in [0.5, 0.6) is 11.5 Å². The summed E-state index contributed by atoms with van der Waals surface area (Å²) in [6, 6.07) is 11.2. The molecule has 2 aromatic rings. The van der Waals surface area contributed by atoms with Crippen molar-refractivity contribution in [2.75, 3.05) is 30.1 Å². The molecule has 0 aliphatic carbocycles. The quantitative estimate of drug-likeness (QED) is 0.720. The zero-order valence-corrected chi connectivity index (χ0v) is 17.1. The van der Waals surface area contributed by atoms with E-state index in [4.69, 9.17) is 9.47 Å². The van der Waals surface area contributed by atoms with Gasteiger partial charge in [-0.3, -0.25) is 9.59 Å². The van der Waals surface area contributed by atoms with Gasteiger partial charge in [-0.25, -0.2) is 13.1 Å². The second kappa shape index (κ2) is 7.96. The van der Waals surface area contributed by atoms with Crippen molar-refractivity contribution < 1.29 is 27.5 Å². The van der Waals surface area contributed by atoms with Gasteiger partial charge in [-0.05, 0) is 42.3 Å². The van der Waals surface area contributed by atoms with Crippen LogP contribution in [0.1, 0.15) is 13.3 Å². The highest BCUT2D eigenvalue weighted by Crippen LogP contribution is 2.37. The number of nitrogens with zero attached hydrogens (tertiary/aromatic N) is 1. The van der Waals surface area contributed by atoms with Crippen molar-refractivity contribution >= 4 is 33.2 Å². The molecule has 2 aromatic carbocycles. The minimum Gasteiger partial charge on any atom is -0.454 e. The number of ether oxygens (including phenoxy) is 2. The highest BCUT2D eigenvalue weighted by atomic mass is 32.2. The Morgan fingerprint density at radius 2 is 1.87 bits per heavy atom. The number of nitrogens with one attached hydrogen (secondary N) is 2. The van der Waals surface area contributed by atoms with Crippen molar-refractivity contribution in [1.82, 2.24) is 4.72 Å². The van der Waals surface area contributed by atoms with E-state index < -0.39 is 10.0 Å². The van der Waals surface area contributed by atoms with E-state index in [1.807, 2.05) is 0 Å². The lowest BCUT2D eigenvalue weighted by Crippen LogP contribution is -2.31. The summed E-state index contributed by atoms with van der Waals surface area (Å²) in [5.74, 6) is 0.766. The molecule has 0 aromatic heterocycles. The number of hydrogen-bond acceptors (Lipinski definition) is 6. The number of carbonyl (C=O) groups excluding carboxylic acids is 2. The zero-order chi connectivity index (χ0) is 21.3. The van der Waals surface area contributed by atoms with Crippen LogP contribution in [0.2, 0.25) is 0 Å². The monoisotopic (exact) mass is 431 g/mol. The first-order chi connectivity index (χ1) is 14.3. The number of hydrogen-bond donors (Lipinski definition) is 2. The van der Waals surface area contributed by atoms with E-state index >= 15 is 0 Å². The van der Waals surface area contributed by atoms with Crippen LogP contribution in [0.3, 0.4) is 0 Å². The summed E-state index contributed by atoms with van der Waals surface area (Å²) in [5.41, 5.74) is 1.21. The molecular formula is C20H21N3O6S. The van der Waals surface area contributed by atoms with E-state index in [1.165, 1.54) is 31.2 Å². The van der Waals surface area contributed by atoms with Crippen LogP contribution in [0.4, 0.5) is 11.4 Å². The van der Waals surface area contributed by atoms with Crippen LogP contribution < -0.4 is 24.4 Å². The lowest BCUT2D eigenvalue weighted by molar-refractivity contribution is -0.117. The first kappa shape index (κ1) is 20.2. The van der Waals surface area contributed by atoms with Crippen molar-refractivity contribution in [2.24, 2.45) is 5.92 Å². The summed E-state index contributed by atoms with van der Waals surface area (Å²) in [6.45, 7) is 2.08. The number of carbonyl (C=O) groups is 2. The molecular weight excluding hydrogens is 410 g/mol. The maximum Gasteiger partial charge on any atom is 0.240 e. The van der Waals surface area contributed by atoms with Gasteiger partial charge in [0, 0.05) is 43.9 Å². The lowest BCUT2D eigenvalue weighted by atomic mass is 10.1. The molecule has 2 aliphatic heterocycles. The summed E-state index contributed by atoms with van der Waals surface area (Å²) in [4.78, 5) is 25.2. The smallest absolute Gasteiger partial charge is 0.240 e. The fourth-order valence-corrected chi connectivity index (χ4v) is 4.57. The first-order valence-electron chi connectivity index (χ1n) is 9.39. The van der Waals surface area contributed by atoms with Crippen LogP contribution >= 0.6 is 0 Å². The van der Waals surface area contributed by atoms with Gasteiger partial charge in [0.05, 0.1) is 4.90 Å². The molecule has 0 unspecified atom stereocenters. The molecule has 1 fully saturated rings. The summed E-state index contributed by atoms with van der Waals surface area (Å²) < 4.78 is 38.3. The number of rotatable bonds is 6. The molecule has 2 heterocycles. The largest absolute Gasteiger partial charge is 0.454 e. The van der Waals surface area contributed by atoms with Crippen LogP contribution in [0, 0.1) is 5.92 Å². The van der Waals surface area contributed by atoms with Gasteiger partial charge < -0.3 is 19.7 Å². The van der Waals surface area contributed by atoms with Gasteiger partial charge in [-0.15, -0.1) is 0 Å². The van der Waals surface area contributed by atoms with E-state index in [-0.39, 0.29) is 42.4 Å². The molecule has 0 spiro atoms. The number of amides is 2. The summed E-state index contributed by atoms with van der Waals surface area (Å²) in [6.07, 6.45) is 0.248. The van der Waals surface area contributed by atoms with Gasteiger partial charge >= 0.3 is 0 Å². The second-order valence-corrected chi connectivity index (χ2v) is 8.94. The molecule has 0 bridgehead atoms. The molecule has 2 aliphatic rings. The Morgan fingerprint density at radius 1 is 1.13 bits per heavy atom. The molecule has 2 N–H and O–H groups in total. The summed E-state index contributed by atoms with van der Waals surface area (Å²) >= 11 is 0. The first-order valence-corrected chi connectivity index (χ1v) is 10.9. The van der Waals surface area contributed by atoms with Crippen molar-refractivity contribution in [1.29, 1.82) is 0 Å². The number of fused-ring (bicyclic) bond motifs is 1. The Bertz CT molecular complexity index is 1080. The standard InChI is InChI=1S/C20H21N3O6S/c1-13(24)22-15-2-5-17(6-3-15)30(26,27)21-10-14-8-20(25)23(11-14)16-4-7-18-19(9-16)29-12-28-18/h2-7,9,14,21H,8,10-12H2,1H3,(H,22,24)/t14-/m0/s1. The molecule has 10 heteroatoms. The topological polar surface area (TPSA) is 114 Å². The van der Waals surface area contributed by atoms with E-state index in [9.17, 15) is 18.0 Å². The molecule has 1 saturated heterocycles. The maximum absolute atomic E-state index is 12.6.